The van der Waals surface area contributed by atoms with Crippen LogP contribution in [-0.2, 0) is 6.42 Å². The summed E-state index contributed by atoms with van der Waals surface area (Å²) in [5, 5.41) is 7.10. The van der Waals surface area contributed by atoms with E-state index >= 15 is 0 Å². The van der Waals surface area contributed by atoms with Crippen LogP contribution in [0.3, 0.4) is 0 Å². The van der Waals surface area contributed by atoms with Gasteiger partial charge in [0, 0.05) is 37.4 Å². The number of benzene rings is 1. The summed E-state index contributed by atoms with van der Waals surface area (Å²) in [7, 11) is 1.77. The maximum atomic E-state index is 5.65. The Kier molecular flexibility index (Phi) is 3.74. The number of nitrogens with one attached hydrogen (secondary N) is 2. The molecule has 110 valence electrons. The average Bonchev–Trinajstić information content (AvgIpc) is 2.44. The number of piperazine rings is 1. The van der Waals surface area contributed by atoms with E-state index in [1.54, 1.807) is 7.11 Å². The van der Waals surface area contributed by atoms with Gasteiger partial charge in [-0.25, -0.2) is 0 Å². The summed E-state index contributed by atoms with van der Waals surface area (Å²) >= 11 is 0. The number of methoxy groups -OCH3 is 1. The second-order valence-electron chi connectivity index (χ2n) is 6.09. The third-order valence-electron chi connectivity index (χ3n) is 4.24. The number of hydrogen-bond donors (Lipinski definition) is 2. The molecule has 0 bridgehead atoms. The van der Waals surface area contributed by atoms with Gasteiger partial charge in [-0.15, -0.1) is 0 Å². The van der Waals surface area contributed by atoms with Gasteiger partial charge in [-0.05, 0) is 44.4 Å². The van der Waals surface area contributed by atoms with Crippen molar-refractivity contribution in [3.8, 4) is 5.75 Å². The first-order valence-electron chi connectivity index (χ1n) is 7.63. The van der Waals surface area contributed by atoms with Crippen molar-refractivity contribution in [1.82, 2.24) is 5.32 Å². The van der Waals surface area contributed by atoms with Crippen molar-refractivity contribution in [3.05, 3.63) is 17.7 Å². The van der Waals surface area contributed by atoms with E-state index in [1.165, 1.54) is 23.4 Å². The zero-order valence-electron chi connectivity index (χ0n) is 12.7. The third-order valence-corrected chi connectivity index (χ3v) is 4.24. The summed E-state index contributed by atoms with van der Waals surface area (Å²) in [6.45, 7) is 7.61. The van der Waals surface area contributed by atoms with Gasteiger partial charge in [-0.3, -0.25) is 0 Å². The molecule has 1 aromatic rings. The Morgan fingerprint density at radius 1 is 1.20 bits per heavy atom. The van der Waals surface area contributed by atoms with Crippen molar-refractivity contribution in [2.45, 2.75) is 38.8 Å². The zero-order chi connectivity index (χ0) is 14.1. The molecule has 0 saturated carbocycles. The van der Waals surface area contributed by atoms with Crippen molar-refractivity contribution < 1.29 is 4.74 Å². The van der Waals surface area contributed by atoms with Crippen molar-refractivity contribution in [1.29, 1.82) is 0 Å². The second-order valence-corrected chi connectivity index (χ2v) is 6.09. The van der Waals surface area contributed by atoms with Crippen LogP contribution in [-0.4, -0.2) is 38.8 Å². The van der Waals surface area contributed by atoms with Crippen LogP contribution in [0.15, 0.2) is 12.1 Å². The van der Waals surface area contributed by atoms with Gasteiger partial charge in [-0.2, -0.15) is 0 Å². The van der Waals surface area contributed by atoms with Crippen molar-refractivity contribution in [2.24, 2.45) is 0 Å². The Bertz CT molecular complexity index is 479. The van der Waals surface area contributed by atoms with Gasteiger partial charge in [-0.1, -0.05) is 0 Å². The lowest BCUT2D eigenvalue weighted by Gasteiger charge is -2.38. The maximum Gasteiger partial charge on any atom is 0.142 e. The smallest absolute Gasteiger partial charge is 0.142 e. The summed E-state index contributed by atoms with van der Waals surface area (Å²) in [5.41, 5.74) is 3.89. The van der Waals surface area contributed by atoms with Crippen molar-refractivity contribution in [3.63, 3.8) is 0 Å². The first kappa shape index (κ1) is 13.6. The molecule has 2 aliphatic heterocycles. The Balaban J connectivity index is 1.95. The van der Waals surface area contributed by atoms with E-state index < -0.39 is 0 Å². The minimum atomic E-state index is 0.507. The molecular weight excluding hydrogens is 250 g/mol. The molecule has 0 amide bonds. The van der Waals surface area contributed by atoms with E-state index in [4.69, 9.17) is 4.74 Å². The third kappa shape index (κ3) is 2.57. The molecule has 1 aromatic carbocycles. The molecular formula is C16H25N3O. The number of rotatable bonds is 2. The predicted molar refractivity (Wildman–Crippen MR) is 84.1 cm³/mol. The monoisotopic (exact) mass is 275 g/mol. The highest BCUT2D eigenvalue weighted by atomic mass is 16.5. The number of ether oxygens (including phenoxy) is 1. The summed E-state index contributed by atoms with van der Waals surface area (Å²) in [6, 6.07) is 5.51. The molecule has 0 radical (unpaired) electrons. The topological polar surface area (TPSA) is 36.5 Å². The van der Waals surface area contributed by atoms with Gasteiger partial charge in [0.25, 0.3) is 0 Å². The molecule has 2 aliphatic rings. The lowest BCUT2D eigenvalue weighted by molar-refractivity contribution is 0.391. The highest BCUT2D eigenvalue weighted by Crippen LogP contribution is 2.37. The highest BCUT2D eigenvalue weighted by Gasteiger charge is 2.24. The van der Waals surface area contributed by atoms with Gasteiger partial charge in [0.2, 0.25) is 0 Å². The number of aryl methyl sites for hydroxylation is 1. The minimum absolute atomic E-state index is 0.507. The van der Waals surface area contributed by atoms with Gasteiger partial charge in [0.15, 0.2) is 0 Å². The number of anilines is 2. The number of nitrogens with zero attached hydrogens (tertiary/aromatic N) is 1. The lowest BCUT2D eigenvalue weighted by atomic mass is 10.0. The van der Waals surface area contributed by atoms with Gasteiger partial charge >= 0.3 is 0 Å². The molecule has 1 fully saturated rings. The standard InChI is InChI=1S/C16H25N3O/c1-11-9-19(10-12(2)18-11)15-8-14-13(5-4-6-17-14)7-16(15)20-3/h7-8,11-12,17-18H,4-6,9-10H2,1-3H3. The average molecular weight is 275 g/mol. The molecule has 2 N–H and O–H groups in total. The van der Waals surface area contributed by atoms with E-state index in [2.05, 4.69) is 41.5 Å². The fourth-order valence-electron chi connectivity index (χ4n) is 3.42. The lowest BCUT2D eigenvalue weighted by Crippen LogP contribution is -2.54. The van der Waals surface area contributed by atoms with Gasteiger partial charge < -0.3 is 20.3 Å². The Labute approximate surface area is 121 Å². The highest BCUT2D eigenvalue weighted by molar-refractivity contribution is 5.70. The van der Waals surface area contributed by atoms with Crippen LogP contribution >= 0.6 is 0 Å². The SMILES string of the molecule is COc1cc2c(cc1N1CC(C)NC(C)C1)NCCC2. The first-order valence-corrected chi connectivity index (χ1v) is 7.63. The molecule has 2 unspecified atom stereocenters. The number of fused-ring (bicyclic) bond motifs is 1. The normalized spacial score (nSPS) is 25.9. The molecule has 3 rings (SSSR count). The van der Waals surface area contributed by atoms with Crippen molar-refractivity contribution in [2.75, 3.05) is 37.0 Å². The first-order chi connectivity index (χ1) is 9.67. The summed E-state index contributed by atoms with van der Waals surface area (Å²) in [4.78, 5) is 2.45. The molecule has 0 spiro atoms. The van der Waals surface area contributed by atoms with Crippen LogP contribution in [0.2, 0.25) is 0 Å². The molecule has 2 atom stereocenters. The Hall–Kier alpha value is -1.42. The van der Waals surface area contributed by atoms with Crippen LogP contribution in [0.4, 0.5) is 11.4 Å². The molecule has 4 nitrogen and oxygen atoms in total. The molecule has 1 saturated heterocycles. The van der Waals surface area contributed by atoms with Gasteiger partial charge in [0.1, 0.15) is 5.75 Å². The number of hydrogen-bond acceptors (Lipinski definition) is 4. The van der Waals surface area contributed by atoms with Gasteiger partial charge in [0.05, 0.1) is 12.8 Å². The largest absolute Gasteiger partial charge is 0.495 e. The zero-order valence-corrected chi connectivity index (χ0v) is 12.7. The fraction of sp³-hybridized carbons (Fsp3) is 0.625. The molecule has 20 heavy (non-hydrogen) atoms. The quantitative estimate of drug-likeness (QED) is 0.868. The fourth-order valence-corrected chi connectivity index (χ4v) is 3.42. The van der Waals surface area contributed by atoms with E-state index in [9.17, 15) is 0 Å². The Morgan fingerprint density at radius 2 is 1.95 bits per heavy atom. The van der Waals surface area contributed by atoms with Crippen LogP contribution in [0, 0.1) is 0 Å². The second kappa shape index (κ2) is 5.52. The van der Waals surface area contributed by atoms with E-state index in [1.807, 2.05) is 0 Å². The summed E-state index contributed by atoms with van der Waals surface area (Å²) < 4.78 is 5.65. The Morgan fingerprint density at radius 3 is 2.65 bits per heavy atom. The summed E-state index contributed by atoms with van der Waals surface area (Å²) in [5.74, 6) is 1.01. The van der Waals surface area contributed by atoms with Crippen LogP contribution in [0.25, 0.3) is 0 Å². The molecule has 0 aliphatic carbocycles. The predicted octanol–water partition coefficient (Wildman–Crippen LogP) is 2.24. The van der Waals surface area contributed by atoms with Crippen LogP contribution in [0.1, 0.15) is 25.8 Å². The van der Waals surface area contributed by atoms with E-state index in [-0.39, 0.29) is 0 Å². The molecule has 4 heteroatoms. The molecule has 2 heterocycles. The van der Waals surface area contributed by atoms with E-state index in [0.29, 0.717) is 12.1 Å². The van der Waals surface area contributed by atoms with Crippen molar-refractivity contribution >= 4 is 11.4 Å². The van der Waals surface area contributed by atoms with Crippen LogP contribution in [0.5, 0.6) is 5.75 Å². The minimum Gasteiger partial charge on any atom is -0.495 e. The van der Waals surface area contributed by atoms with E-state index in [0.717, 1.165) is 31.8 Å². The maximum absolute atomic E-state index is 5.65. The molecule has 0 aromatic heterocycles. The van der Waals surface area contributed by atoms with Crippen LogP contribution < -0.4 is 20.3 Å². The summed E-state index contributed by atoms with van der Waals surface area (Å²) in [6.07, 6.45) is 2.35.